The second kappa shape index (κ2) is 6.12. The van der Waals surface area contributed by atoms with Crippen molar-refractivity contribution in [2.45, 2.75) is 51.6 Å². The highest BCUT2D eigenvalue weighted by molar-refractivity contribution is 5.45. The van der Waals surface area contributed by atoms with Crippen LogP contribution in [0.2, 0.25) is 0 Å². The van der Waals surface area contributed by atoms with Gasteiger partial charge >= 0.3 is 0 Å². The van der Waals surface area contributed by atoms with E-state index in [4.69, 9.17) is 4.52 Å². The van der Waals surface area contributed by atoms with E-state index >= 15 is 0 Å². The lowest BCUT2D eigenvalue weighted by Gasteiger charge is -2.44. The number of anilines is 1. The molecule has 24 heavy (non-hydrogen) atoms. The molecular weight excluding hydrogens is 304 g/mol. The van der Waals surface area contributed by atoms with E-state index in [0.29, 0.717) is 24.4 Å². The lowest BCUT2D eigenvalue weighted by molar-refractivity contribution is 0.174. The third-order valence-electron chi connectivity index (χ3n) is 5.00. The van der Waals surface area contributed by atoms with Crippen LogP contribution in [0.3, 0.4) is 0 Å². The first-order chi connectivity index (χ1) is 11.6. The highest BCUT2D eigenvalue weighted by Crippen LogP contribution is 2.26. The second-order valence-corrected chi connectivity index (χ2v) is 7.20. The minimum atomic E-state index is 0.297. The normalized spacial score (nSPS) is 17.6. The smallest absolute Gasteiger partial charge is 0.240 e. The van der Waals surface area contributed by atoms with Crippen molar-refractivity contribution in [2.24, 2.45) is 0 Å². The molecular formula is C17H24N6O. The molecule has 7 heteroatoms. The Hall–Kier alpha value is -2.02. The molecule has 1 aliphatic heterocycles. The molecule has 0 unspecified atom stereocenters. The quantitative estimate of drug-likeness (QED) is 0.828. The van der Waals surface area contributed by atoms with E-state index in [1.54, 1.807) is 0 Å². The van der Waals surface area contributed by atoms with Gasteiger partial charge in [-0.2, -0.15) is 10.1 Å². The Kier molecular flexibility index (Phi) is 3.96. The van der Waals surface area contributed by atoms with Gasteiger partial charge in [0.05, 0.1) is 12.2 Å². The van der Waals surface area contributed by atoms with E-state index in [1.165, 1.54) is 17.7 Å². The van der Waals surface area contributed by atoms with Crippen molar-refractivity contribution in [1.82, 2.24) is 25.2 Å². The molecule has 4 rings (SSSR count). The van der Waals surface area contributed by atoms with Crippen molar-refractivity contribution in [3.05, 3.63) is 29.0 Å². The van der Waals surface area contributed by atoms with Crippen molar-refractivity contribution >= 4 is 5.82 Å². The maximum Gasteiger partial charge on any atom is 0.240 e. The zero-order chi connectivity index (χ0) is 16.7. The molecule has 1 aliphatic carbocycles. The summed E-state index contributed by atoms with van der Waals surface area (Å²) < 4.78 is 5.34. The summed E-state index contributed by atoms with van der Waals surface area (Å²) in [6.07, 6.45) is 3.43. The van der Waals surface area contributed by atoms with Crippen LogP contribution >= 0.6 is 0 Å². The first-order valence-corrected chi connectivity index (χ1v) is 8.73. The number of aryl methyl sites for hydroxylation is 2. The van der Waals surface area contributed by atoms with Crippen molar-refractivity contribution in [1.29, 1.82) is 0 Å². The van der Waals surface area contributed by atoms with Crippen molar-refractivity contribution in [2.75, 3.05) is 25.0 Å². The third-order valence-corrected chi connectivity index (χ3v) is 5.00. The molecule has 2 aromatic rings. The van der Waals surface area contributed by atoms with Gasteiger partial charge < -0.3 is 9.42 Å². The second-order valence-electron chi connectivity index (χ2n) is 7.20. The van der Waals surface area contributed by atoms with Crippen LogP contribution in [-0.4, -0.2) is 51.4 Å². The Labute approximate surface area is 142 Å². The molecule has 7 nitrogen and oxygen atoms in total. The zero-order valence-electron chi connectivity index (χ0n) is 14.6. The van der Waals surface area contributed by atoms with Gasteiger partial charge in [-0.25, -0.2) is 0 Å². The van der Waals surface area contributed by atoms with Gasteiger partial charge in [-0.05, 0) is 37.9 Å². The fourth-order valence-electron chi connectivity index (χ4n) is 3.30. The first kappa shape index (κ1) is 15.5. The van der Waals surface area contributed by atoms with E-state index in [2.05, 4.69) is 57.1 Å². The van der Waals surface area contributed by atoms with Gasteiger partial charge in [-0.15, -0.1) is 5.10 Å². The molecule has 2 aliphatic rings. The Morgan fingerprint density at radius 2 is 2.12 bits per heavy atom. The highest BCUT2D eigenvalue weighted by Gasteiger charge is 2.32. The van der Waals surface area contributed by atoms with E-state index in [9.17, 15) is 0 Å². The molecule has 2 aromatic heterocycles. The molecule has 128 valence electrons. The summed E-state index contributed by atoms with van der Waals surface area (Å²) in [6, 6.07) is 2.70. The van der Waals surface area contributed by atoms with Crippen molar-refractivity contribution < 1.29 is 4.52 Å². The first-order valence-electron chi connectivity index (χ1n) is 8.73. The van der Waals surface area contributed by atoms with Crippen LogP contribution in [-0.2, 0) is 19.4 Å². The van der Waals surface area contributed by atoms with Gasteiger partial charge in [0.1, 0.15) is 0 Å². The Morgan fingerprint density at radius 3 is 2.88 bits per heavy atom. The topological polar surface area (TPSA) is 71.2 Å². The summed E-state index contributed by atoms with van der Waals surface area (Å²) in [7, 11) is 2.11. The molecule has 0 radical (unpaired) electrons. The van der Waals surface area contributed by atoms with Crippen LogP contribution in [0.15, 0.2) is 10.6 Å². The predicted molar refractivity (Wildman–Crippen MR) is 89.9 cm³/mol. The number of aromatic nitrogens is 4. The summed E-state index contributed by atoms with van der Waals surface area (Å²) in [5.41, 5.74) is 2.56. The average Bonchev–Trinajstić information content (AvgIpc) is 3.13. The Bertz CT molecular complexity index is 722. The largest absolute Gasteiger partial charge is 0.352 e. The molecule has 0 bridgehead atoms. The van der Waals surface area contributed by atoms with E-state index in [0.717, 1.165) is 37.6 Å². The average molecular weight is 328 g/mol. The van der Waals surface area contributed by atoms with Crippen LogP contribution in [0.1, 0.15) is 49.2 Å². The SMILES string of the molecule is CC(C)c1noc(CN(C)C2CN(c3cc4c(nn3)CCC4)C2)n1. The summed E-state index contributed by atoms with van der Waals surface area (Å²) in [5.74, 6) is 2.78. The molecule has 0 amide bonds. The molecule has 0 aromatic carbocycles. The van der Waals surface area contributed by atoms with Crippen LogP contribution in [0.4, 0.5) is 5.82 Å². The number of likely N-dealkylation sites (N-methyl/N-ethyl adjacent to an activating group) is 1. The number of hydrogen-bond donors (Lipinski definition) is 0. The molecule has 3 heterocycles. The molecule has 1 fully saturated rings. The van der Waals surface area contributed by atoms with E-state index in [1.807, 2.05) is 0 Å². The van der Waals surface area contributed by atoms with Crippen LogP contribution in [0, 0.1) is 0 Å². The van der Waals surface area contributed by atoms with Gasteiger partial charge in [-0.3, -0.25) is 4.90 Å². The highest BCUT2D eigenvalue weighted by atomic mass is 16.5. The third kappa shape index (κ3) is 2.88. The van der Waals surface area contributed by atoms with Crippen LogP contribution < -0.4 is 4.90 Å². The van der Waals surface area contributed by atoms with Crippen LogP contribution in [0.25, 0.3) is 0 Å². The van der Waals surface area contributed by atoms with Gasteiger partial charge in [-0.1, -0.05) is 19.0 Å². The number of hydrogen-bond acceptors (Lipinski definition) is 7. The maximum atomic E-state index is 5.34. The zero-order valence-corrected chi connectivity index (χ0v) is 14.6. The molecule has 0 atom stereocenters. The summed E-state index contributed by atoms with van der Waals surface area (Å²) >= 11 is 0. The lowest BCUT2D eigenvalue weighted by Crippen LogP contribution is -2.58. The van der Waals surface area contributed by atoms with E-state index < -0.39 is 0 Å². The molecule has 0 saturated carbocycles. The number of rotatable bonds is 5. The summed E-state index contributed by atoms with van der Waals surface area (Å²) in [6.45, 7) is 6.76. The fraction of sp³-hybridized carbons (Fsp3) is 0.647. The monoisotopic (exact) mass is 328 g/mol. The number of fused-ring (bicyclic) bond motifs is 1. The predicted octanol–water partition coefficient (Wildman–Crippen LogP) is 1.79. The maximum absolute atomic E-state index is 5.34. The Morgan fingerprint density at radius 1 is 1.29 bits per heavy atom. The minimum absolute atomic E-state index is 0.297. The summed E-state index contributed by atoms with van der Waals surface area (Å²) in [4.78, 5) is 9.02. The lowest BCUT2D eigenvalue weighted by atomic mass is 10.1. The van der Waals surface area contributed by atoms with Gasteiger partial charge in [0.15, 0.2) is 11.6 Å². The molecule has 1 saturated heterocycles. The fourth-order valence-corrected chi connectivity index (χ4v) is 3.30. The Balaban J connectivity index is 1.33. The molecule has 0 spiro atoms. The van der Waals surface area contributed by atoms with Gasteiger partial charge in [0, 0.05) is 25.0 Å². The van der Waals surface area contributed by atoms with E-state index in [-0.39, 0.29) is 0 Å². The van der Waals surface area contributed by atoms with Gasteiger partial charge in [0.25, 0.3) is 0 Å². The number of nitrogens with zero attached hydrogens (tertiary/aromatic N) is 6. The molecule has 0 N–H and O–H groups in total. The van der Waals surface area contributed by atoms with Crippen LogP contribution in [0.5, 0.6) is 0 Å². The van der Waals surface area contributed by atoms with Gasteiger partial charge in [0.2, 0.25) is 5.89 Å². The minimum Gasteiger partial charge on any atom is -0.352 e. The summed E-state index contributed by atoms with van der Waals surface area (Å²) in [5, 5.41) is 12.8. The van der Waals surface area contributed by atoms with Crippen molar-refractivity contribution in [3.8, 4) is 0 Å². The standard InChI is InChI=1S/C17H24N6O/c1-11(2)17-18-16(24-21-17)10-22(3)13-8-23(9-13)15-7-12-5-4-6-14(12)19-20-15/h7,11,13H,4-6,8-10H2,1-3H3. The van der Waals surface area contributed by atoms with Crippen molar-refractivity contribution in [3.63, 3.8) is 0 Å².